The molecule has 0 radical (unpaired) electrons. The Labute approximate surface area is 198 Å². The molecule has 0 aliphatic rings. The molecule has 5 aromatic rings. The first-order valence-corrected chi connectivity index (χ1v) is 10.2. The number of carbonyl (C=O) groups excluding carboxylic acids is 1. The highest BCUT2D eigenvalue weighted by molar-refractivity contribution is 6.33. The summed E-state index contributed by atoms with van der Waals surface area (Å²) >= 11 is 6.17. The van der Waals surface area contributed by atoms with E-state index in [1.54, 1.807) is 0 Å². The summed E-state index contributed by atoms with van der Waals surface area (Å²) in [5.41, 5.74) is -2.10. The number of carbonyl (C=O) groups is 1. The van der Waals surface area contributed by atoms with Gasteiger partial charge in [-0.25, -0.2) is 14.6 Å². The fourth-order valence-electron chi connectivity index (χ4n) is 3.48. The van der Waals surface area contributed by atoms with E-state index in [4.69, 9.17) is 16.0 Å². The molecule has 0 bridgehead atoms. The summed E-state index contributed by atoms with van der Waals surface area (Å²) in [6.07, 6.45) is 1.32. The van der Waals surface area contributed by atoms with Crippen molar-refractivity contribution in [3.05, 3.63) is 88.0 Å². The highest BCUT2D eigenvalue weighted by Crippen LogP contribution is 2.33. The maximum atomic E-state index is 13.8. The summed E-state index contributed by atoms with van der Waals surface area (Å²) in [6.45, 7) is 0. The fourth-order valence-corrected chi connectivity index (χ4v) is 3.73. The van der Waals surface area contributed by atoms with E-state index in [0.29, 0.717) is 5.39 Å². The number of amides is 1. The molecule has 35 heavy (non-hydrogen) atoms. The van der Waals surface area contributed by atoms with Crippen LogP contribution in [0.15, 0.2) is 70.6 Å². The Kier molecular flexibility index (Phi) is 5.36. The first kappa shape index (κ1) is 22.3. The minimum Gasteiger partial charge on any atom is -0.443 e. The number of H-pyrrole nitrogens is 1. The molecule has 0 aliphatic heterocycles. The van der Waals surface area contributed by atoms with Crippen LogP contribution >= 0.6 is 11.6 Å². The zero-order valence-corrected chi connectivity index (χ0v) is 18.1. The van der Waals surface area contributed by atoms with Gasteiger partial charge in [0.1, 0.15) is 12.0 Å². The fraction of sp³-hybridized carbons (Fsp3) is 0.0455. The Morgan fingerprint density at radius 1 is 1.17 bits per heavy atom. The predicted octanol–water partition coefficient (Wildman–Crippen LogP) is 4.69. The predicted molar refractivity (Wildman–Crippen MR) is 119 cm³/mol. The Morgan fingerprint density at radius 3 is 2.71 bits per heavy atom. The van der Waals surface area contributed by atoms with Crippen LogP contribution < -0.4 is 10.9 Å². The van der Waals surface area contributed by atoms with Gasteiger partial charge in [0, 0.05) is 23.2 Å². The number of alkyl halides is 3. The third-order valence-corrected chi connectivity index (χ3v) is 5.29. The Balaban J connectivity index is 1.53. The van der Waals surface area contributed by atoms with E-state index in [-0.39, 0.29) is 33.4 Å². The molecular formula is C22H12ClF3N6O3. The number of nitrogens with zero attached hydrogens (tertiary/aromatic N) is 4. The van der Waals surface area contributed by atoms with E-state index in [0.717, 1.165) is 10.9 Å². The van der Waals surface area contributed by atoms with Crippen molar-refractivity contribution in [1.29, 1.82) is 0 Å². The van der Waals surface area contributed by atoms with E-state index in [1.165, 1.54) is 55.2 Å². The molecule has 4 heterocycles. The maximum absolute atomic E-state index is 13.8. The van der Waals surface area contributed by atoms with Gasteiger partial charge in [0.15, 0.2) is 5.69 Å². The van der Waals surface area contributed by atoms with Crippen LogP contribution in [0, 0.1) is 0 Å². The van der Waals surface area contributed by atoms with E-state index in [2.05, 4.69) is 25.4 Å². The molecular weight excluding hydrogens is 489 g/mol. The summed E-state index contributed by atoms with van der Waals surface area (Å²) < 4.78 is 47.3. The molecule has 176 valence electrons. The number of aromatic amines is 1. The number of anilines is 1. The molecule has 13 heteroatoms. The third kappa shape index (κ3) is 4.15. The quantitative estimate of drug-likeness (QED) is 0.369. The van der Waals surface area contributed by atoms with E-state index >= 15 is 0 Å². The van der Waals surface area contributed by atoms with Crippen LogP contribution in [0.25, 0.3) is 28.0 Å². The van der Waals surface area contributed by atoms with Crippen molar-refractivity contribution in [2.75, 3.05) is 5.32 Å². The average molecular weight is 501 g/mol. The van der Waals surface area contributed by atoms with Gasteiger partial charge in [-0.2, -0.15) is 18.3 Å². The topological polar surface area (TPSA) is 119 Å². The van der Waals surface area contributed by atoms with Crippen molar-refractivity contribution in [3.63, 3.8) is 0 Å². The number of rotatable bonds is 4. The van der Waals surface area contributed by atoms with Crippen LogP contribution in [0.5, 0.6) is 0 Å². The number of benzene rings is 1. The normalized spacial score (nSPS) is 11.7. The SMILES string of the molecule is O=C(Nc1cnc(-c2ncco2)c(Cl)c1)c1cn(-c2cccc3c(=O)[nH]ccc23)nc1C(F)(F)F. The highest BCUT2D eigenvalue weighted by Gasteiger charge is 2.39. The average Bonchev–Trinajstić information content (AvgIpc) is 3.50. The number of oxazole rings is 1. The molecule has 0 spiro atoms. The van der Waals surface area contributed by atoms with Gasteiger partial charge in [-0.3, -0.25) is 9.59 Å². The van der Waals surface area contributed by atoms with Gasteiger partial charge in [0.25, 0.3) is 11.5 Å². The molecule has 0 saturated carbocycles. The molecule has 5 rings (SSSR count). The van der Waals surface area contributed by atoms with Crippen molar-refractivity contribution in [3.8, 4) is 17.3 Å². The molecule has 0 saturated heterocycles. The lowest BCUT2D eigenvalue weighted by Crippen LogP contribution is -2.18. The molecule has 0 atom stereocenters. The highest BCUT2D eigenvalue weighted by atomic mass is 35.5. The molecule has 4 aromatic heterocycles. The Hall–Kier alpha value is -4.45. The van der Waals surface area contributed by atoms with E-state index in [1.807, 2.05) is 0 Å². The molecule has 1 amide bonds. The minimum atomic E-state index is -4.93. The smallest absolute Gasteiger partial charge is 0.435 e. The number of aromatic nitrogens is 5. The minimum absolute atomic E-state index is 0.0490. The number of pyridine rings is 2. The van der Waals surface area contributed by atoms with Gasteiger partial charge in [-0.05, 0) is 24.3 Å². The summed E-state index contributed by atoms with van der Waals surface area (Å²) in [5, 5.41) is 6.65. The Morgan fingerprint density at radius 2 is 2.00 bits per heavy atom. The summed E-state index contributed by atoms with van der Waals surface area (Å²) in [4.78, 5) is 35.4. The zero-order chi connectivity index (χ0) is 24.7. The van der Waals surface area contributed by atoms with Gasteiger partial charge < -0.3 is 14.7 Å². The number of halogens is 4. The maximum Gasteiger partial charge on any atom is 0.435 e. The first-order chi connectivity index (χ1) is 16.7. The van der Waals surface area contributed by atoms with Gasteiger partial charge >= 0.3 is 6.18 Å². The summed E-state index contributed by atoms with van der Waals surface area (Å²) in [6, 6.07) is 7.36. The monoisotopic (exact) mass is 500 g/mol. The second-order valence-corrected chi connectivity index (χ2v) is 7.63. The third-order valence-electron chi connectivity index (χ3n) is 5.00. The second-order valence-electron chi connectivity index (χ2n) is 7.22. The van der Waals surface area contributed by atoms with Crippen LogP contribution in [0.3, 0.4) is 0 Å². The van der Waals surface area contributed by atoms with Crippen LogP contribution in [0.1, 0.15) is 16.1 Å². The van der Waals surface area contributed by atoms with E-state index in [9.17, 15) is 22.8 Å². The van der Waals surface area contributed by atoms with Gasteiger partial charge in [0.05, 0.1) is 34.4 Å². The number of fused-ring (bicyclic) bond motifs is 1. The lowest BCUT2D eigenvalue weighted by Gasteiger charge is -2.08. The molecule has 0 fully saturated rings. The van der Waals surface area contributed by atoms with E-state index < -0.39 is 28.9 Å². The van der Waals surface area contributed by atoms with Gasteiger partial charge in [0.2, 0.25) is 5.89 Å². The lowest BCUT2D eigenvalue weighted by atomic mass is 10.1. The van der Waals surface area contributed by atoms with Gasteiger partial charge in [-0.1, -0.05) is 17.7 Å². The zero-order valence-electron chi connectivity index (χ0n) is 17.3. The van der Waals surface area contributed by atoms with Crippen LogP contribution in [-0.2, 0) is 6.18 Å². The number of hydrogen-bond donors (Lipinski definition) is 2. The van der Waals surface area contributed by atoms with Crippen LogP contribution in [-0.4, -0.2) is 30.6 Å². The van der Waals surface area contributed by atoms with Crippen LogP contribution in [0.4, 0.5) is 18.9 Å². The number of hydrogen-bond acceptors (Lipinski definition) is 6. The molecule has 1 aromatic carbocycles. The standard InChI is InChI=1S/C22H12ClF3N6O3/c23-15-8-11(9-29-17(15)21-28-6-7-35-21)30-20(34)14-10-32(31-18(14)22(24,25)26)16-3-1-2-13-12(16)4-5-27-19(13)33/h1-10H,(H,27,33)(H,30,34). The van der Waals surface area contributed by atoms with Crippen LogP contribution in [0.2, 0.25) is 5.02 Å². The van der Waals surface area contributed by atoms with Crippen molar-refractivity contribution >= 4 is 34.0 Å². The Bertz CT molecular complexity index is 1630. The molecule has 2 N–H and O–H groups in total. The second kappa shape index (κ2) is 8.40. The summed E-state index contributed by atoms with van der Waals surface area (Å²) in [5.74, 6) is -0.939. The summed E-state index contributed by atoms with van der Waals surface area (Å²) in [7, 11) is 0. The van der Waals surface area contributed by atoms with Crippen molar-refractivity contribution < 1.29 is 22.4 Å². The molecule has 0 aliphatic carbocycles. The van der Waals surface area contributed by atoms with Crippen molar-refractivity contribution in [2.24, 2.45) is 0 Å². The lowest BCUT2D eigenvalue weighted by molar-refractivity contribution is -0.141. The van der Waals surface area contributed by atoms with Gasteiger partial charge in [-0.15, -0.1) is 0 Å². The molecule has 0 unspecified atom stereocenters. The largest absolute Gasteiger partial charge is 0.443 e. The number of nitrogens with one attached hydrogen (secondary N) is 2. The first-order valence-electron chi connectivity index (χ1n) is 9.87. The molecule has 9 nitrogen and oxygen atoms in total. The van der Waals surface area contributed by atoms with Crippen molar-refractivity contribution in [2.45, 2.75) is 6.18 Å². The van der Waals surface area contributed by atoms with Crippen molar-refractivity contribution in [1.82, 2.24) is 24.7 Å².